The number of aromatic amines is 2. The number of nitrogens with zero attached hydrogens (tertiary/aromatic N) is 5. The second kappa shape index (κ2) is 22.3. The van der Waals surface area contributed by atoms with Gasteiger partial charge in [0.1, 0.15) is 29.8 Å². The quantitative estimate of drug-likeness (QED) is 0.0515. The SMILES string of the molecule is COC(=O)NC(C(=O)N1CCCC1c1ncc(-c2ccc3cc(-c4ccc(-c5cnc(C6CCCN6C(=O)C(NC(=O)OC)C(C)CCOC(=O)NC(C(=O)O)C(C)C)[nH]5)cc4)ccc3n2)[nH]1)C(C)C. The van der Waals surface area contributed by atoms with Crippen LogP contribution in [0.5, 0.6) is 0 Å². The van der Waals surface area contributed by atoms with Gasteiger partial charge in [0.25, 0.3) is 0 Å². The number of rotatable bonds is 17. The molecule has 20 nitrogen and oxygen atoms in total. The molecule has 70 heavy (non-hydrogen) atoms. The molecule has 6 N–H and O–H groups in total. The minimum absolute atomic E-state index is 0.117. The number of benzene rings is 2. The molecule has 7 rings (SSSR count). The lowest BCUT2D eigenvalue weighted by Gasteiger charge is -2.31. The Morgan fingerprint density at radius 2 is 1.20 bits per heavy atom. The summed E-state index contributed by atoms with van der Waals surface area (Å²) in [5.41, 5.74) is 5.94. The van der Waals surface area contributed by atoms with E-state index >= 15 is 0 Å². The van der Waals surface area contributed by atoms with Gasteiger partial charge in [0, 0.05) is 18.5 Å². The van der Waals surface area contributed by atoms with Crippen molar-refractivity contribution in [1.82, 2.24) is 50.7 Å². The van der Waals surface area contributed by atoms with Gasteiger partial charge < -0.3 is 55.0 Å². The van der Waals surface area contributed by atoms with Crippen LogP contribution in [0.3, 0.4) is 0 Å². The average Bonchev–Trinajstić information content (AvgIpc) is 4.21. The summed E-state index contributed by atoms with van der Waals surface area (Å²) in [6.07, 6.45) is 4.29. The van der Waals surface area contributed by atoms with Gasteiger partial charge in [-0.05, 0) is 84.7 Å². The van der Waals surface area contributed by atoms with Gasteiger partial charge in [-0.2, -0.15) is 0 Å². The number of pyridine rings is 1. The Balaban J connectivity index is 0.986. The second-order valence-electron chi connectivity index (χ2n) is 18.5. The van der Waals surface area contributed by atoms with E-state index in [2.05, 4.69) is 37.0 Å². The summed E-state index contributed by atoms with van der Waals surface area (Å²) in [7, 11) is 2.49. The molecule has 6 unspecified atom stereocenters. The Morgan fingerprint density at radius 1 is 0.671 bits per heavy atom. The molecule has 2 aliphatic heterocycles. The number of likely N-dealkylation sites (tertiary alicyclic amines) is 2. The summed E-state index contributed by atoms with van der Waals surface area (Å²) >= 11 is 0. The van der Waals surface area contributed by atoms with E-state index in [4.69, 9.17) is 24.2 Å². The maximum atomic E-state index is 14.2. The second-order valence-corrected chi connectivity index (χ2v) is 18.5. The molecule has 5 heterocycles. The molecule has 2 aromatic carbocycles. The average molecular weight is 963 g/mol. The first-order valence-electron chi connectivity index (χ1n) is 23.6. The van der Waals surface area contributed by atoms with Crippen LogP contribution in [-0.4, -0.2) is 128 Å². The van der Waals surface area contributed by atoms with Crippen LogP contribution in [0.2, 0.25) is 0 Å². The molecule has 20 heteroatoms. The molecule has 372 valence electrons. The van der Waals surface area contributed by atoms with Crippen molar-refractivity contribution in [1.29, 1.82) is 0 Å². The molecule has 0 bridgehead atoms. The third-order valence-electron chi connectivity index (χ3n) is 13.1. The highest BCUT2D eigenvalue weighted by Crippen LogP contribution is 2.35. The molecule has 5 aromatic rings. The minimum atomic E-state index is -1.18. The molecule has 2 aliphatic rings. The predicted octanol–water partition coefficient (Wildman–Crippen LogP) is 6.98. The Bertz CT molecular complexity index is 2680. The number of hydrogen-bond acceptors (Lipinski definition) is 12. The number of aliphatic carboxylic acids is 1. The summed E-state index contributed by atoms with van der Waals surface area (Å²) in [4.78, 5) is 101. The number of fused-ring (bicyclic) bond motifs is 1. The molecule has 3 aromatic heterocycles. The number of H-pyrrole nitrogens is 2. The fourth-order valence-electron chi connectivity index (χ4n) is 9.09. The van der Waals surface area contributed by atoms with E-state index < -0.39 is 48.3 Å². The van der Waals surface area contributed by atoms with Crippen molar-refractivity contribution >= 4 is 47.0 Å². The van der Waals surface area contributed by atoms with E-state index in [9.17, 15) is 33.9 Å². The molecule has 6 atom stereocenters. The van der Waals surface area contributed by atoms with E-state index in [1.807, 2.05) is 62.4 Å². The van der Waals surface area contributed by atoms with Crippen LogP contribution in [0.1, 0.15) is 90.5 Å². The predicted molar refractivity (Wildman–Crippen MR) is 258 cm³/mol. The molecular weight excluding hydrogens is 901 g/mol. The van der Waals surface area contributed by atoms with E-state index in [-0.39, 0.29) is 48.8 Å². The molecule has 2 saturated heterocycles. The van der Waals surface area contributed by atoms with E-state index in [1.54, 1.807) is 43.0 Å². The molecular formula is C50H62N10O10. The van der Waals surface area contributed by atoms with Gasteiger partial charge in [0.05, 0.1) is 67.9 Å². The van der Waals surface area contributed by atoms with Crippen LogP contribution in [0.25, 0.3) is 44.7 Å². The Labute approximate surface area is 405 Å². The van der Waals surface area contributed by atoms with Crippen molar-refractivity contribution in [3.05, 3.63) is 78.6 Å². The number of carboxylic acids is 1. The Kier molecular flexibility index (Phi) is 16.0. The largest absolute Gasteiger partial charge is 0.480 e. The monoisotopic (exact) mass is 962 g/mol. The topological polar surface area (TPSA) is 263 Å². The first kappa shape index (κ1) is 50.4. The number of hydrogen-bond donors (Lipinski definition) is 6. The minimum Gasteiger partial charge on any atom is -0.480 e. The number of carbonyl (C=O) groups is 6. The normalized spacial score (nSPS) is 17.5. The van der Waals surface area contributed by atoms with Crippen LogP contribution in [0, 0.1) is 17.8 Å². The van der Waals surface area contributed by atoms with Crippen molar-refractivity contribution in [3.63, 3.8) is 0 Å². The highest BCUT2D eigenvalue weighted by molar-refractivity contribution is 5.88. The van der Waals surface area contributed by atoms with E-state index in [1.165, 1.54) is 14.2 Å². The fraction of sp³-hybridized carbons (Fsp3) is 0.460. The summed E-state index contributed by atoms with van der Waals surface area (Å²) in [6, 6.07) is 14.7. The highest BCUT2D eigenvalue weighted by atomic mass is 16.6. The summed E-state index contributed by atoms with van der Waals surface area (Å²) < 4.78 is 14.9. The van der Waals surface area contributed by atoms with Crippen LogP contribution in [-0.2, 0) is 28.6 Å². The number of nitrogens with one attached hydrogen (secondary N) is 5. The number of carbonyl (C=O) groups excluding carboxylic acids is 5. The lowest BCUT2D eigenvalue weighted by molar-refractivity contribution is -0.140. The van der Waals surface area contributed by atoms with Gasteiger partial charge in [0.2, 0.25) is 11.8 Å². The molecule has 0 saturated carbocycles. The van der Waals surface area contributed by atoms with Crippen molar-refractivity contribution in [3.8, 4) is 33.8 Å². The number of carboxylic acid groups (broad SMARTS) is 1. The highest BCUT2D eigenvalue weighted by Gasteiger charge is 2.40. The smallest absolute Gasteiger partial charge is 0.407 e. The summed E-state index contributed by atoms with van der Waals surface area (Å²) in [5.74, 6) is -1.38. The molecule has 0 radical (unpaired) electrons. The maximum absolute atomic E-state index is 14.2. The molecule has 2 fully saturated rings. The summed E-state index contributed by atoms with van der Waals surface area (Å²) in [6.45, 7) is 9.75. The van der Waals surface area contributed by atoms with Crippen LogP contribution in [0.4, 0.5) is 14.4 Å². The van der Waals surface area contributed by atoms with Crippen molar-refractivity contribution in [2.75, 3.05) is 33.9 Å². The molecule has 0 aliphatic carbocycles. The van der Waals surface area contributed by atoms with Crippen molar-refractivity contribution < 1.29 is 48.1 Å². The van der Waals surface area contributed by atoms with Gasteiger partial charge in [-0.25, -0.2) is 34.1 Å². The van der Waals surface area contributed by atoms with Gasteiger partial charge in [-0.3, -0.25) is 9.59 Å². The zero-order valence-corrected chi connectivity index (χ0v) is 40.5. The molecule has 0 spiro atoms. The third-order valence-corrected chi connectivity index (χ3v) is 13.1. The third kappa shape index (κ3) is 11.5. The van der Waals surface area contributed by atoms with Crippen LogP contribution in [0.15, 0.2) is 67.0 Å². The first-order chi connectivity index (χ1) is 33.6. The lowest BCUT2D eigenvalue weighted by Crippen LogP contribution is -2.52. The van der Waals surface area contributed by atoms with Crippen molar-refractivity contribution in [2.45, 2.75) is 96.9 Å². The summed E-state index contributed by atoms with van der Waals surface area (Å²) in [5, 5.41) is 18.0. The molecule has 5 amide bonds. The number of aromatic nitrogens is 5. The standard InChI is InChI=1S/C50H62N10O10/c1-27(2)40(56-48(65)68-6)45(61)59-21-8-11-39(59)44-52-26-37(55-44)35-19-17-33-24-32(16-18-34(33)53-35)30-12-14-31(15-13-30)36-25-51-43(54-36)38-10-9-22-60(38)46(62)42(58-49(66)69-7)29(5)20-23-70-50(67)57-41(28(3)4)47(63)64/h12-19,24-29,38-42H,8-11,20-23H2,1-7H3,(H,51,54)(H,52,55)(H,56,65)(H,57,67)(H,58,66)(H,63,64). The van der Waals surface area contributed by atoms with Crippen LogP contribution >= 0.6 is 0 Å². The first-order valence-corrected chi connectivity index (χ1v) is 23.6. The maximum Gasteiger partial charge on any atom is 0.407 e. The van der Waals surface area contributed by atoms with Crippen LogP contribution < -0.4 is 16.0 Å². The fourth-order valence-corrected chi connectivity index (χ4v) is 9.09. The van der Waals surface area contributed by atoms with E-state index in [0.29, 0.717) is 36.9 Å². The number of imidazole rings is 2. The van der Waals surface area contributed by atoms with Crippen molar-refractivity contribution in [2.24, 2.45) is 17.8 Å². The number of amides is 5. The number of alkyl carbamates (subject to hydrolysis) is 3. The Morgan fingerprint density at radius 3 is 1.79 bits per heavy atom. The Hall–Kier alpha value is -7.51. The number of methoxy groups -OCH3 is 2. The van der Waals surface area contributed by atoms with Gasteiger partial charge >= 0.3 is 24.2 Å². The van der Waals surface area contributed by atoms with E-state index in [0.717, 1.165) is 58.2 Å². The lowest BCUT2D eigenvalue weighted by atomic mass is 9.97. The zero-order chi connectivity index (χ0) is 50.2. The van der Waals surface area contributed by atoms with Gasteiger partial charge in [0.15, 0.2) is 0 Å². The van der Waals surface area contributed by atoms with Gasteiger partial charge in [-0.1, -0.05) is 71.0 Å². The zero-order valence-electron chi connectivity index (χ0n) is 40.5. The number of ether oxygens (including phenoxy) is 3. The van der Waals surface area contributed by atoms with Gasteiger partial charge in [-0.15, -0.1) is 0 Å².